The predicted molar refractivity (Wildman–Crippen MR) is 66.3 cm³/mol. The Morgan fingerprint density at radius 1 is 1.53 bits per heavy atom. The van der Waals surface area contributed by atoms with Crippen LogP contribution in [0.3, 0.4) is 0 Å². The number of Topliss-reactive ketones (excluding diaryl/α,β-unsaturated/α-hetero) is 1. The van der Waals surface area contributed by atoms with E-state index in [0.29, 0.717) is 24.4 Å². The first kappa shape index (κ1) is 13.7. The fourth-order valence-electron chi connectivity index (χ4n) is 1.73. The van der Waals surface area contributed by atoms with Gasteiger partial charge < -0.3 is 10.5 Å². The van der Waals surface area contributed by atoms with E-state index in [2.05, 4.69) is 12.0 Å². The summed E-state index contributed by atoms with van der Waals surface area (Å²) < 4.78 is 6.90. The van der Waals surface area contributed by atoms with Gasteiger partial charge in [0.25, 0.3) is 0 Å². The van der Waals surface area contributed by atoms with Crippen LogP contribution >= 0.6 is 0 Å². The molecule has 0 spiro atoms. The summed E-state index contributed by atoms with van der Waals surface area (Å²) in [5.74, 6) is 0.650. The molecule has 0 saturated carbocycles. The highest BCUT2D eigenvalue weighted by molar-refractivity contribution is 5.96. The molecule has 0 amide bonds. The minimum absolute atomic E-state index is 0.0845. The van der Waals surface area contributed by atoms with Crippen molar-refractivity contribution in [1.29, 1.82) is 0 Å². The normalized spacial score (nSPS) is 10.5. The Balaban J connectivity index is 2.77. The molecule has 0 aromatic carbocycles. The Morgan fingerprint density at radius 3 is 2.88 bits per heavy atom. The van der Waals surface area contributed by atoms with Crippen LogP contribution in [0.1, 0.15) is 43.1 Å². The first-order valence-electron chi connectivity index (χ1n) is 6.07. The molecule has 1 aromatic heterocycles. The molecule has 0 aliphatic carbocycles. The van der Waals surface area contributed by atoms with Crippen molar-refractivity contribution in [2.24, 2.45) is 5.73 Å². The van der Waals surface area contributed by atoms with E-state index in [1.807, 2.05) is 0 Å². The maximum atomic E-state index is 12.1. The molecule has 5 nitrogen and oxygen atoms in total. The van der Waals surface area contributed by atoms with E-state index in [1.54, 1.807) is 18.0 Å². The molecule has 17 heavy (non-hydrogen) atoms. The first-order chi connectivity index (χ1) is 8.24. The van der Waals surface area contributed by atoms with Crippen LogP contribution in [0.15, 0.2) is 6.20 Å². The molecule has 0 aliphatic heterocycles. The SMILES string of the molecule is CCCn1ncc(OC)c1C(=O)CCCCN. The Kier molecular flexibility index (Phi) is 5.69. The monoisotopic (exact) mass is 239 g/mol. The van der Waals surface area contributed by atoms with E-state index < -0.39 is 0 Å². The summed E-state index contributed by atoms with van der Waals surface area (Å²) in [6, 6.07) is 0. The topological polar surface area (TPSA) is 70.1 Å². The molecule has 1 rings (SSSR count). The largest absolute Gasteiger partial charge is 0.493 e. The van der Waals surface area contributed by atoms with Crippen LogP contribution < -0.4 is 10.5 Å². The molecule has 2 N–H and O–H groups in total. The van der Waals surface area contributed by atoms with Gasteiger partial charge in [-0.05, 0) is 25.8 Å². The van der Waals surface area contributed by atoms with Gasteiger partial charge in [0.05, 0.1) is 13.3 Å². The van der Waals surface area contributed by atoms with E-state index in [0.717, 1.165) is 25.8 Å². The number of carbonyl (C=O) groups is 1. The third-order valence-corrected chi connectivity index (χ3v) is 2.58. The number of hydrogen-bond acceptors (Lipinski definition) is 4. The highest BCUT2D eigenvalue weighted by Gasteiger charge is 2.18. The summed E-state index contributed by atoms with van der Waals surface area (Å²) in [5.41, 5.74) is 6.00. The Morgan fingerprint density at radius 2 is 2.29 bits per heavy atom. The number of carbonyl (C=O) groups excluding carboxylic acids is 1. The number of rotatable bonds is 8. The number of nitrogens with two attached hydrogens (primary N) is 1. The summed E-state index contributed by atoms with van der Waals surface area (Å²) in [5, 5.41) is 4.17. The minimum Gasteiger partial charge on any atom is -0.493 e. The molecule has 0 aliphatic rings. The van der Waals surface area contributed by atoms with E-state index in [4.69, 9.17) is 10.5 Å². The van der Waals surface area contributed by atoms with Crippen LogP contribution in [0.5, 0.6) is 5.75 Å². The van der Waals surface area contributed by atoms with Crippen molar-refractivity contribution >= 4 is 5.78 Å². The van der Waals surface area contributed by atoms with E-state index in [9.17, 15) is 4.79 Å². The summed E-state index contributed by atoms with van der Waals surface area (Å²) in [6.07, 6.45) is 4.73. The second kappa shape index (κ2) is 7.06. The van der Waals surface area contributed by atoms with Crippen LogP contribution in [-0.2, 0) is 6.54 Å². The van der Waals surface area contributed by atoms with Crippen molar-refractivity contribution in [3.05, 3.63) is 11.9 Å². The second-order valence-corrected chi connectivity index (χ2v) is 3.95. The Hall–Kier alpha value is -1.36. The third kappa shape index (κ3) is 3.56. The van der Waals surface area contributed by atoms with Crippen LogP contribution in [0.2, 0.25) is 0 Å². The van der Waals surface area contributed by atoms with Crippen molar-refractivity contribution < 1.29 is 9.53 Å². The van der Waals surface area contributed by atoms with Gasteiger partial charge in [0.1, 0.15) is 5.69 Å². The first-order valence-corrected chi connectivity index (χ1v) is 6.07. The molecule has 1 heterocycles. The standard InChI is InChI=1S/C12H21N3O2/c1-3-8-15-12(11(17-2)9-14-15)10(16)6-4-5-7-13/h9H,3-8,13H2,1-2H3. The molecule has 0 radical (unpaired) electrons. The van der Waals surface area contributed by atoms with Gasteiger partial charge in [-0.3, -0.25) is 9.48 Å². The lowest BCUT2D eigenvalue weighted by Gasteiger charge is -2.07. The lowest BCUT2D eigenvalue weighted by molar-refractivity contribution is 0.0966. The summed E-state index contributed by atoms with van der Waals surface area (Å²) >= 11 is 0. The zero-order valence-electron chi connectivity index (χ0n) is 10.6. The molecule has 0 unspecified atom stereocenters. The third-order valence-electron chi connectivity index (χ3n) is 2.58. The number of ketones is 1. The van der Waals surface area contributed by atoms with Crippen molar-refractivity contribution in [3.63, 3.8) is 0 Å². The van der Waals surface area contributed by atoms with Gasteiger partial charge in [-0.25, -0.2) is 0 Å². The smallest absolute Gasteiger partial charge is 0.184 e. The van der Waals surface area contributed by atoms with E-state index in [-0.39, 0.29) is 5.78 Å². The summed E-state index contributed by atoms with van der Waals surface area (Å²) in [4.78, 5) is 12.1. The lowest BCUT2D eigenvalue weighted by Crippen LogP contribution is -2.12. The second-order valence-electron chi connectivity index (χ2n) is 3.95. The number of ether oxygens (including phenoxy) is 1. The number of methoxy groups -OCH3 is 1. The van der Waals surface area contributed by atoms with Crippen molar-refractivity contribution in [2.45, 2.75) is 39.2 Å². The van der Waals surface area contributed by atoms with Crippen LogP contribution in [0.4, 0.5) is 0 Å². The van der Waals surface area contributed by atoms with E-state index >= 15 is 0 Å². The van der Waals surface area contributed by atoms with Gasteiger partial charge in [-0.15, -0.1) is 0 Å². The van der Waals surface area contributed by atoms with Gasteiger partial charge in [-0.2, -0.15) is 5.10 Å². The van der Waals surface area contributed by atoms with Gasteiger partial charge in [0.2, 0.25) is 0 Å². The number of nitrogens with zero attached hydrogens (tertiary/aromatic N) is 2. The average Bonchev–Trinajstić information content (AvgIpc) is 2.73. The van der Waals surface area contributed by atoms with Crippen molar-refractivity contribution in [1.82, 2.24) is 9.78 Å². The molecular formula is C12H21N3O2. The van der Waals surface area contributed by atoms with Gasteiger partial charge in [0.15, 0.2) is 11.5 Å². The predicted octanol–water partition coefficient (Wildman–Crippen LogP) is 1.61. The minimum atomic E-state index is 0.0845. The lowest BCUT2D eigenvalue weighted by atomic mass is 10.1. The van der Waals surface area contributed by atoms with Gasteiger partial charge in [0, 0.05) is 13.0 Å². The highest BCUT2D eigenvalue weighted by Crippen LogP contribution is 2.20. The number of aryl methyl sites for hydroxylation is 1. The molecule has 0 bridgehead atoms. The number of unbranched alkanes of at least 4 members (excludes halogenated alkanes) is 1. The van der Waals surface area contributed by atoms with Crippen LogP contribution in [0, 0.1) is 0 Å². The highest BCUT2D eigenvalue weighted by atomic mass is 16.5. The average molecular weight is 239 g/mol. The van der Waals surface area contributed by atoms with E-state index in [1.165, 1.54) is 0 Å². The summed E-state index contributed by atoms with van der Waals surface area (Å²) in [6.45, 7) is 3.41. The quantitative estimate of drug-likeness (QED) is 0.552. The fraction of sp³-hybridized carbons (Fsp3) is 0.667. The molecular weight excluding hydrogens is 218 g/mol. The summed E-state index contributed by atoms with van der Waals surface area (Å²) in [7, 11) is 1.56. The number of hydrogen-bond donors (Lipinski definition) is 1. The molecule has 0 saturated heterocycles. The number of aromatic nitrogens is 2. The zero-order chi connectivity index (χ0) is 12.7. The van der Waals surface area contributed by atoms with Crippen LogP contribution in [-0.4, -0.2) is 29.2 Å². The fourth-order valence-corrected chi connectivity index (χ4v) is 1.73. The molecule has 5 heteroatoms. The molecule has 96 valence electrons. The van der Waals surface area contributed by atoms with Crippen molar-refractivity contribution in [2.75, 3.05) is 13.7 Å². The molecule has 0 atom stereocenters. The maximum absolute atomic E-state index is 12.1. The van der Waals surface area contributed by atoms with Crippen molar-refractivity contribution in [3.8, 4) is 5.75 Å². The Bertz CT molecular complexity index is 361. The van der Waals surface area contributed by atoms with Gasteiger partial charge >= 0.3 is 0 Å². The molecule has 0 fully saturated rings. The zero-order valence-corrected chi connectivity index (χ0v) is 10.6. The van der Waals surface area contributed by atoms with Crippen LogP contribution in [0.25, 0.3) is 0 Å². The molecule has 1 aromatic rings. The maximum Gasteiger partial charge on any atom is 0.184 e. The van der Waals surface area contributed by atoms with Gasteiger partial charge in [-0.1, -0.05) is 6.92 Å². The Labute approximate surface area is 102 Å².